The molecule has 0 saturated carbocycles. The van der Waals surface area contributed by atoms with Crippen LogP contribution in [0.25, 0.3) is 0 Å². The minimum absolute atomic E-state index is 0. The van der Waals surface area contributed by atoms with Crippen molar-refractivity contribution in [3.8, 4) is 0 Å². The summed E-state index contributed by atoms with van der Waals surface area (Å²) in [6, 6.07) is 0. The van der Waals surface area contributed by atoms with Gasteiger partial charge in [0.05, 0.1) is 0 Å². The largest absolute Gasteiger partial charge is 2.00 e. The van der Waals surface area contributed by atoms with E-state index in [0.29, 0.717) is 0 Å². The third-order valence-electron chi connectivity index (χ3n) is 0. The van der Waals surface area contributed by atoms with Crippen LogP contribution >= 0.6 is 15.6 Å². The van der Waals surface area contributed by atoms with Gasteiger partial charge in [-0.1, -0.05) is 0 Å². The van der Waals surface area contributed by atoms with Crippen molar-refractivity contribution in [2.24, 2.45) is 0 Å². The van der Waals surface area contributed by atoms with Crippen molar-refractivity contribution in [1.29, 1.82) is 0 Å². The maximum absolute atomic E-state index is 8.55. The third kappa shape index (κ3) is 325. The van der Waals surface area contributed by atoms with E-state index >= 15 is 0 Å². The zero-order chi connectivity index (χ0) is 9.00. The van der Waals surface area contributed by atoms with E-state index in [-0.39, 0.29) is 79.0 Å². The number of hydrogen-bond acceptors (Lipinski definition) is 8. The first kappa shape index (κ1) is 29.6. The van der Waals surface area contributed by atoms with Gasteiger partial charge in [-0.25, -0.2) is 0 Å². The maximum Gasteiger partial charge on any atom is 2.00 e. The third-order valence-corrected chi connectivity index (χ3v) is 0. The van der Waals surface area contributed by atoms with Crippen LogP contribution in [0.4, 0.5) is 0 Å². The first-order valence-electron chi connectivity index (χ1n) is 1.46. The number of hydrogen-bond donors (Lipinski definition) is 0. The van der Waals surface area contributed by atoms with E-state index in [9.17, 15) is 0 Å². The molecule has 0 aromatic heterocycles. The Morgan fingerprint density at radius 2 is 0.769 bits per heavy atom. The van der Waals surface area contributed by atoms with E-state index < -0.39 is 15.6 Å². The van der Waals surface area contributed by atoms with E-state index in [2.05, 4.69) is 0 Å². The van der Waals surface area contributed by atoms with Gasteiger partial charge in [0.2, 0.25) is 0 Å². The Hall–Kier alpha value is 2.70. The molecule has 13 heavy (non-hydrogen) atoms. The predicted molar refractivity (Wildman–Crippen MR) is 28.9 cm³/mol. The van der Waals surface area contributed by atoms with Crippen molar-refractivity contribution in [2.75, 3.05) is 0 Å². The molecule has 0 unspecified atom stereocenters. The van der Waals surface area contributed by atoms with Crippen LogP contribution in [0.15, 0.2) is 0 Å². The summed E-state index contributed by atoms with van der Waals surface area (Å²) < 4.78 is 17.1. The molecule has 0 bridgehead atoms. The summed E-state index contributed by atoms with van der Waals surface area (Å²) in [7, 11) is -10.8. The Morgan fingerprint density at radius 3 is 0.769 bits per heavy atom. The maximum atomic E-state index is 8.55. The van der Waals surface area contributed by atoms with Crippen LogP contribution in [-0.4, -0.2) is 55.1 Å². The molecule has 0 aromatic rings. The molecular formula is H2AlCaO8P2W-6. The van der Waals surface area contributed by atoms with Crippen molar-refractivity contribution in [2.45, 2.75) is 0 Å². The first-order chi connectivity index (χ1) is 4.00. The Labute approximate surface area is 132 Å². The normalized spacial score (nSPS) is 9.08. The van der Waals surface area contributed by atoms with Crippen LogP contribution in [0.2, 0.25) is 0 Å². The van der Waals surface area contributed by atoms with Crippen LogP contribution in [0, 0.1) is 0 Å². The molecule has 0 fully saturated rings. The minimum atomic E-state index is -5.39. The van der Waals surface area contributed by atoms with Crippen molar-refractivity contribution in [3.63, 3.8) is 0 Å². The van der Waals surface area contributed by atoms with Crippen LogP contribution in [0.1, 0.15) is 2.85 Å². The van der Waals surface area contributed by atoms with E-state index in [1.165, 1.54) is 0 Å². The summed E-state index contributed by atoms with van der Waals surface area (Å²) in [5, 5.41) is 0. The molecule has 0 rings (SSSR count). The summed E-state index contributed by atoms with van der Waals surface area (Å²) in [6.45, 7) is 0. The van der Waals surface area contributed by atoms with Crippen LogP contribution in [0.3, 0.4) is 0 Å². The molecule has 3 radical (unpaired) electrons. The molecule has 0 aliphatic carbocycles. The van der Waals surface area contributed by atoms with Crippen LogP contribution < -0.4 is 29.4 Å². The summed E-state index contributed by atoms with van der Waals surface area (Å²) in [6.07, 6.45) is 0. The summed E-state index contributed by atoms with van der Waals surface area (Å²) in [5.74, 6) is 0. The van der Waals surface area contributed by atoms with Crippen molar-refractivity contribution in [3.05, 3.63) is 0 Å². The standard InChI is InChI=1S/Al.Ca.2H3O4P.W.2H/c;;2*1-5(2,3)4;;;/h;;2*(H3,1,2,3,4);;;/q;+2;;;;2*-1/p-6. The molecule has 0 aliphatic heterocycles. The Morgan fingerprint density at radius 1 is 0.769 bits per heavy atom. The van der Waals surface area contributed by atoms with Gasteiger partial charge in [-0.2, -0.15) is 15.6 Å². The quantitative estimate of drug-likeness (QED) is 0.263. The number of phosphoric acid groups is 2. The van der Waals surface area contributed by atoms with E-state index in [1.54, 1.807) is 0 Å². The van der Waals surface area contributed by atoms with Crippen molar-refractivity contribution in [1.82, 2.24) is 0 Å². The van der Waals surface area contributed by atoms with Gasteiger partial charge in [-0.3, -0.25) is 0 Å². The Balaban J connectivity index is -0.0000000128. The molecular weight excluding hydrogens is 441 g/mol. The molecule has 0 saturated heterocycles. The summed E-state index contributed by atoms with van der Waals surface area (Å²) >= 11 is 0. The SMILES string of the molecule is O=P([O-])([O-])[O-].O=P([O-])([O-])[O-].[Al].[Ca+2].[H-].[H-].[W]. The molecule has 0 amide bonds. The molecule has 77 valence electrons. The van der Waals surface area contributed by atoms with E-state index in [1.807, 2.05) is 0 Å². The van der Waals surface area contributed by atoms with Gasteiger partial charge in [0.1, 0.15) is 0 Å². The molecule has 13 heteroatoms. The van der Waals surface area contributed by atoms with Crippen molar-refractivity contribution < 1.29 is 62.4 Å². The summed E-state index contributed by atoms with van der Waals surface area (Å²) in [5.41, 5.74) is 0. The average molecular weight is 443 g/mol. The molecule has 0 aromatic carbocycles. The smallest absolute Gasteiger partial charge is 1.00 e. The van der Waals surface area contributed by atoms with Gasteiger partial charge >= 0.3 is 37.7 Å². The molecule has 8 nitrogen and oxygen atoms in total. The van der Waals surface area contributed by atoms with Gasteiger partial charge in [0.25, 0.3) is 0 Å². The fourth-order valence-corrected chi connectivity index (χ4v) is 0. The fraction of sp³-hybridized carbons (Fsp3) is 0. The van der Waals surface area contributed by atoms with Gasteiger partial charge in [0.15, 0.2) is 0 Å². The molecule has 0 aliphatic rings. The van der Waals surface area contributed by atoms with Gasteiger partial charge in [-0.15, -0.1) is 0 Å². The zero-order valence-corrected chi connectivity index (χ0v) is 13.9. The van der Waals surface area contributed by atoms with Crippen molar-refractivity contribution >= 4 is 70.7 Å². The van der Waals surface area contributed by atoms with Gasteiger partial charge in [-0.05, 0) is 0 Å². The number of rotatable bonds is 0. The molecule has 0 N–H and O–H groups in total. The molecule has 0 atom stereocenters. The Bertz CT molecular complexity index is 143. The second-order valence-corrected chi connectivity index (χ2v) is 2.68. The minimum Gasteiger partial charge on any atom is -1.00 e. The summed E-state index contributed by atoms with van der Waals surface area (Å²) in [4.78, 5) is 51.3. The van der Waals surface area contributed by atoms with Gasteiger partial charge in [0, 0.05) is 38.4 Å². The van der Waals surface area contributed by atoms with E-state index in [0.717, 1.165) is 0 Å². The van der Waals surface area contributed by atoms with Crippen LogP contribution in [0.5, 0.6) is 0 Å². The monoisotopic (exact) mass is 443 g/mol. The van der Waals surface area contributed by atoms with Gasteiger partial charge < -0.3 is 41.3 Å². The molecule has 0 heterocycles. The van der Waals surface area contributed by atoms with E-state index in [4.69, 9.17) is 38.5 Å². The first-order valence-corrected chi connectivity index (χ1v) is 4.38. The average Bonchev–Trinajstić information content (AvgIpc) is 1.12. The second-order valence-electron chi connectivity index (χ2n) is 0.894. The zero-order valence-electron chi connectivity index (χ0n) is 7.85. The Kier molecular flexibility index (Phi) is 29.1. The second kappa shape index (κ2) is 12.8. The predicted octanol–water partition coefficient (Wildman–Crippen LogP) is -6.19. The van der Waals surface area contributed by atoms with Crippen LogP contribution in [-0.2, 0) is 30.2 Å². The molecule has 0 spiro atoms. The topological polar surface area (TPSA) is 172 Å². The fourth-order valence-electron chi connectivity index (χ4n) is 0.